The van der Waals surface area contributed by atoms with Crippen molar-refractivity contribution >= 4 is 11.6 Å². The highest BCUT2D eigenvalue weighted by molar-refractivity contribution is 6.05. The second kappa shape index (κ2) is 9.09. The van der Waals surface area contributed by atoms with Gasteiger partial charge in [0, 0.05) is 11.8 Å². The van der Waals surface area contributed by atoms with Crippen LogP contribution >= 0.6 is 0 Å². The molecule has 1 amide bonds. The van der Waals surface area contributed by atoms with Gasteiger partial charge in [-0.15, -0.1) is 0 Å². The van der Waals surface area contributed by atoms with E-state index in [-0.39, 0.29) is 5.91 Å². The fourth-order valence-electron chi connectivity index (χ4n) is 3.03. The summed E-state index contributed by atoms with van der Waals surface area (Å²) in [5.74, 6) is 2.24. The van der Waals surface area contributed by atoms with E-state index in [1.807, 2.05) is 66.7 Å². The summed E-state index contributed by atoms with van der Waals surface area (Å²) in [4.78, 5) is 21.8. The molecule has 3 aromatic carbocycles. The van der Waals surface area contributed by atoms with E-state index >= 15 is 0 Å². The van der Waals surface area contributed by atoms with Crippen molar-refractivity contribution in [3.8, 4) is 28.6 Å². The van der Waals surface area contributed by atoms with Crippen molar-refractivity contribution in [2.24, 2.45) is 0 Å². The average Bonchev–Trinajstić information content (AvgIpc) is 2.81. The van der Waals surface area contributed by atoms with Crippen LogP contribution in [-0.4, -0.2) is 23.0 Å². The lowest BCUT2D eigenvalue weighted by Gasteiger charge is -2.13. The molecule has 0 aliphatic heterocycles. The maximum Gasteiger partial charge on any atom is 0.259 e. The summed E-state index contributed by atoms with van der Waals surface area (Å²) in [6.45, 7) is 1.79. The summed E-state index contributed by atoms with van der Waals surface area (Å²) in [5, 5.41) is 2.90. The van der Waals surface area contributed by atoms with E-state index in [0.29, 0.717) is 34.3 Å². The zero-order valence-corrected chi connectivity index (χ0v) is 17.2. The van der Waals surface area contributed by atoms with Gasteiger partial charge in [-0.05, 0) is 55.5 Å². The number of hydrogen-bond acceptors (Lipinski definition) is 5. The van der Waals surface area contributed by atoms with Crippen molar-refractivity contribution in [3.05, 3.63) is 96.3 Å². The van der Waals surface area contributed by atoms with Gasteiger partial charge in [-0.2, -0.15) is 0 Å². The quantitative estimate of drug-likeness (QED) is 0.453. The molecule has 0 unspecified atom stereocenters. The van der Waals surface area contributed by atoms with E-state index in [1.165, 1.54) is 6.20 Å². The van der Waals surface area contributed by atoms with Crippen molar-refractivity contribution in [2.75, 3.05) is 12.4 Å². The highest BCUT2D eigenvalue weighted by Crippen LogP contribution is 2.29. The largest absolute Gasteiger partial charge is 0.497 e. The molecule has 4 rings (SSSR count). The Labute approximate surface area is 180 Å². The molecule has 0 radical (unpaired) electrons. The number of carbonyl (C=O) groups is 1. The Bertz CT molecular complexity index is 1190. The number of methoxy groups -OCH3 is 1. The monoisotopic (exact) mass is 411 g/mol. The summed E-state index contributed by atoms with van der Waals surface area (Å²) in [6.07, 6.45) is 1.54. The van der Waals surface area contributed by atoms with Gasteiger partial charge in [0.2, 0.25) is 0 Å². The number of amides is 1. The molecule has 1 heterocycles. The molecule has 154 valence electrons. The number of benzene rings is 3. The van der Waals surface area contributed by atoms with Crippen molar-refractivity contribution in [1.82, 2.24) is 9.97 Å². The zero-order valence-electron chi connectivity index (χ0n) is 17.2. The normalized spacial score (nSPS) is 10.4. The molecular formula is C25H21N3O3. The predicted molar refractivity (Wildman–Crippen MR) is 120 cm³/mol. The van der Waals surface area contributed by atoms with Crippen molar-refractivity contribution in [1.29, 1.82) is 0 Å². The maximum absolute atomic E-state index is 12.9. The number of anilines is 1. The average molecular weight is 411 g/mol. The van der Waals surface area contributed by atoms with Gasteiger partial charge in [0.05, 0.1) is 24.1 Å². The molecule has 0 atom stereocenters. The molecule has 0 saturated heterocycles. The van der Waals surface area contributed by atoms with E-state index in [0.717, 1.165) is 11.3 Å². The Hall–Kier alpha value is -4.19. The summed E-state index contributed by atoms with van der Waals surface area (Å²) >= 11 is 0. The minimum atomic E-state index is -0.303. The topological polar surface area (TPSA) is 73.3 Å². The summed E-state index contributed by atoms with van der Waals surface area (Å²) < 4.78 is 11.1. The van der Waals surface area contributed by atoms with Gasteiger partial charge in [-0.25, -0.2) is 9.97 Å². The molecule has 6 nitrogen and oxygen atoms in total. The van der Waals surface area contributed by atoms with Crippen molar-refractivity contribution in [2.45, 2.75) is 6.92 Å². The zero-order chi connectivity index (χ0) is 21.6. The van der Waals surface area contributed by atoms with E-state index in [2.05, 4.69) is 15.3 Å². The molecule has 1 N–H and O–H groups in total. The third-order valence-electron chi connectivity index (χ3n) is 4.68. The Morgan fingerprint density at radius 3 is 2.29 bits per heavy atom. The first-order chi connectivity index (χ1) is 15.1. The summed E-state index contributed by atoms with van der Waals surface area (Å²) in [6, 6.07) is 24.1. The van der Waals surface area contributed by atoms with Crippen LogP contribution in [0.3, 0.4) is 0 Å². The number of aryl methyl sites for hydroxylation is 1. The van der Waals surface area contributed by atoms with Crippen molar-refractivity contribution < 1.29 is 14.3 Å². The SMILES string of the molecule is COc1ccc(-c2ncc(C(=O)Nc3ccccc3Oc3ccccc3)c(C)n2)cc1. The number of para-hydroxylation sites is 3. The molecule has 31 heavy (non-hydrogen) atoms. The van der Waals surface area contributed by atoms with Crippen LogP contribution in [0.1, 0.15) is 16.1 Å². The Balaban J connectivity index is 1.54. The second-order valence-electron chi connectivity index (χ2n) is 6.79. The van der Waals surface area contributed by atoms with Gasteiger partial charge in [-0.1, -0.05) is 30.3 Å². The number of carbonyl (C=O) groups excluding carboxylic acids is 1. The van der Waals surface area contributed by atoms with Gasteiger partial charge < -0.3 is 14.8 Å². The second-order valence-corrected chi connectivity index (χ2v) is 6.79. The van der Waals surface area contributed by atoms with E-state index in [4.69, 9.17) is 9.47 Å². The van der Waals surface area contributed by atoms with E-state index < -0.39 is 0 Å². The van der Waals surface area contributed by atoms with Gasteiger partial charge in [0.1, 0.15) is 11.5 Å². The molecule has 4 aromatic rings. The molecular weight excluding hydrogens is 390 g/mol. The molecule has 0 bridgehead atoms. The van der Waals surface area contributed by atoms with Crippen LogP contribution in [0.5, 0.6) is 17.2 Å². The Kier molecular flexibility index (Phi) is 5.89. The van der Waals surface area contributed by atoms with Gasteiger partial charge >= 0.3 is 0 Å². The van der Waals surface area contributed by atoms with Crippen LogP contribution in [0, 0.1) is 6.92 Å². The molecule has 1 aromatic heterocycles. The van der Waals surface area contributed by atoms with Crippen LogP contribution in [0.15, 0.2) is 85.1 Å². The van der Waals surface area contributed by atoms with Crippen LogP contribution < -0.4 is 14.8 Å². The van der Waals surface area contributed by atoms with E-state index in [1.54, 1.807) is 26.2 Å². The fraction of sp³-hybridized carbons (Fsp3) is 0.0800. The lowest BCUT2D eigenvalue weighted by atomic mass is 10.1. The molecule has 0 aliphatic carbocycles. The number of rotatable bonds is 6. The lowest BCUT2D eigenvalue weighted by Crippen LogP contribution is -2.15. The van der Waals surface area contributed by atoms with Crippen LogP contribution in [0.25, 0.3) is 11.4 Å². The predicted octanol–water partition coefficient (Wildman–Crippen LogP) is 5.51. The van der Waals surface area contributed by atoms with Gasteiger partial charge in [-0.3, -0.25) is 4.79 Å². The smallest absolute Gasteiger partial charge is 0.259 e. The summed E-state index contributed by atoms with van der Waals surface area (Å²) in [5.41, 5.74) is 2.39. The Morgan fingerprint density at radius 2 is 1.58 bits per heavy atom. The van der Waals surface area contributed by atoms with Crippen molar-refractivity contribution in [3.63, 3.8) is 0 Å². The minimum absolute atomic E-state index is 0.303. The molecule has 0 aliphatic rings. The number of aromatic nitrogens is 2. The van der Waals surface area contributed by atoms with Gasteiger partial charge in [0.25, 0.3) is 5.91 Å². The fourth-order valence-corrected chi connectivity index (χ4v) is 3.03. The minimum Gasteiger partial charge on any atom is -0.497 e. The first-order valence-corrected chi connectivity index (χ1v) is 9.75. The number of nitrogens with zero attached hydrogens (tertiary/aromatic N) is 2. The number of hydrogen-bond donors (Lipinski definition) is 1. The third-order valence-corrected chi connectivity index (χ3v) is 4.68. The first-order valence-electron chi connectivity index (χ1n) is 9.75. The van der Waals surface area contributed by atoms with Crippen LogP contribution in [-0.2, 0) is 0 Å². The molecule has 6 heteroatoms. The van der Waals surface area contributed by atoms with Crippen LogP contribution in [0.4, 0.5) is 5.69 Å². The summed E-state index contributed by atoms with van der Waals surface area (Å²) in [7, 11) is 1.62. The Morgan fingerprint density at radius 1 is 0.871 bits per heavy atom. The third kappa shape index (κ3) is 4.70. The maximum atomic E-state index is 12.9. The van der Waals surface area contributed by atoms with E-state index in [9.17, 15) is 4.79 Å². The van der Waals surface area contributed by atoms with Crippen LogP contribution in [0.2, 0.25) is 0 Å². The highest BCUT2D eigenvalue weighted by atomic mass is 16.5. The molecule has 0 fully saturated rings. The number of ether oxygens (including phenoxy) is 2. The standard InChI is InChI=1S/C25H21N3O3/c1-17-21(16-26-24(27-17)18-12-14-19(30-2)15-13-18)25(29)28-22-10-6-7-11-23(22)31-20-8-4-3-5-9-20/h3-16H,1-2H3,(H,28,29). The molecule has 0 spiro atoms. The first kappa shape index (κ1) is 20.1. The lowest BCUT2D eigenvalue weighted by molar-refractivity contribution is 0.102. The van der Waals surface area contributed by atoms with Gasteiger partial charge in [0.15, 0.2) is 11.6 Å². The highest BCUT2D eigenvalue weighted by Gasteiger charge is 2.15. The molecule has 0 saturated carbocycles. The number of nitrogens with one attached hydrogen (secondary N) is 1.